The average Bonchev–Trinajstić information content (AvgIpc) is 3.26. The van der Waals surface area contributed by atoms with Gasteiger partial charge < -0.3 is 10.2 Å². The van der Waals surface area contributed by atoms with Gasteiger partial charge in [-0.05, 0) is 45.4 Å². The number of hydrogen-bond donors (Lipinski definition) is 1. The number of nitrogens with zero attached hydrogens (tertiary/aromatic N) is 3. The number of amides is 2. The molecule has 1 saturated heterocycles. The van der Waals surface area contributed by atoms with E-state index in [2.05, 4.69) is 16.3 Å². The molecule has 0 bridgehead atoms. The van der Waals surface area contributed by atoms with Crippen LogP contribution in [-0.2, 0) is 4.79 Å². The van der Waals surface area contributed by atoms with Crippen LogP contribution < -0.4 is 5.32 Å². The summed E-state index contributed by atoms with van der Waals surface area (Å²) in [5.74, 6) is 2.27. The van der Waals surface area contributed by atoms with Crippen LogP contribution in [0.3, 0.4) is 0 Å². The SMILES string of the molecule is C#CCCC(=O)NC1CCN(C(=O)c2ccn(-c3ccc(C)cc3)n2)C1(C)C. The summed E-state index contributed by atoms with van der Waals surface area (Å²) in [6.45, 7) is 6.55. The second-order valence-corrected chi connectivity index (χ2v) is 7.70. The van der Waals surface area contributed by atoms with E-state index in [0.29, 0.717) is 31.5 Å². The fourth-order valence-corrected chi connectivity index (χ4v) is 3.57. The van der Waals surface area contributed by atoms with E-state index < -0.39 is 5.54 Å². The minimum absolute atomic E-state index is 0.0750. The topological polar surface area (TPSA) is 67.2 Å². The van der Waals surface area contributed by atoms with E-state index in [0.717, 1.165) is 5.69 Å². The lowest BCUT2D eigenvalue weighted by Gasteiger charge is -2.35. The summed E-state index contributed by atoms with van der Waals surface area (Å²) in [7, 11) is 0. The molecule has 1 aliphatic rings. The number of carbonyl (C=O) groups excluding carboxylic acids is 2. The van der Waals surface area contributed by atoms with Gasteiger partial charge in [-0.2, -0.15) is 5.10 Å². The van der Waals surface area contributed by atoms with Gasteiger partial charge in [-0.25, -0.2) is 4.68 Å². The molecular weight excluding hydrogens is 352 g/mol. The first-order valence-corrected chi connectivity index (χ1v) is 9.50. The highest BCUT2D eigenvalue weighted by Crippen LogP contribution is 2.30. The molecule has 1 aliphatic heterocycles. The van der Waals surface area contributed by atoms with E-state index in [1.165, 1.54) is 5.56 Å². The highest BCUT2D eigenvalue weighted by atomic mass is 16.2. The van der Waals surface area contributed by atoms with Gasteiger partial charge in [0.1, 0.15) is 0 Å². The van der Waals surface area contributed by atoms with Gasteiger partial charge in [0.25, 0.3) is 5.91 Å². The molecule has 28 heavy (non-hydrogen) atoms. The van der Waals surface area contributed by atoms with Crippen molar-refractivity contribution >= 4 is 11.8 Å². The first kappa shape index (κ1) is 19.7. The Balaban J connectivity index is 1.72. The third kappa shape index (κ3) is 3.94. The molecule has 1 aromatic carbocycles. The van der Waals surface area contributed by atoms with Gasteiger partial charge in [-0.3, -0.25) is 9.59 Å². The minimum Gasteiger partial charge on any atom is -0.351 e. The normalized spacial score (nSPS) is 17.9. The van der Waals surface area contributed by atoms with Crippen molar-refractivity contribution in [2.45, 2.75) is 51.6 Å². The predicted molar refractivity (Wildman–Crippen MR) is 108 cm³/mol. The van der Waals surface area contributed by atoms with Gasteiger partial charge in [-0.1, -0.05) is 17.7 Å². The molecule has 2 heterocycles. The van der Waals surface area contributed by atoms with Crippen LogP contribution in [0.2, 0.25) is 0 Å². The molecule has 1 N–H and O–H groups in total. The summed E-state index contributed by atoms with van der Waals surface area (Å²) in [5.41, 5.74) is 1.97. The van der Waals surface area contributed by atoms with Crippen LogP contribution in [0.15, 0.2) is 36.5 Å². The lowest BCUT2D eigenvalue weighted by molar-refractivity contribution is -0.122. The number of rotatable bonds is 5. The number of likely N-dealkylation sites (tertiary alicyclic amines) is 1. The number of nitrogens with one attached hydrogen (secondary N) is 1. The molecule has 6 heteroatoms. The minimum atomic E-state index is -0.503. The summed E-state index contributed by atoms with van der Waals surface area (Å²) in [5, 5.41) is 7.49. The Morgan fingerprint density at radius 2 is 2.00 bits per heavy atom. The number of hydrogen-bond acceptors (Lipinski definition) is 3. The van der Waals surface area contributed by atoms with E-state index in [9.17, 15) is 9.59 Å². The highest BCUT2D eigenvalue weighted by Gasteiger charge is 2.45. The average molecular weight is 378 g/mol. The summed E-state index contributed by atoms with van der Waals surface area (Å²) in [4.78, 5) is 26.9. The quantitative estimate of drug-likeness (QED) is 0.814. The van der Waals surface area contributed by atoms with Crippen molar-refractivity contribution in [2.24, 2.45) is 0 Å². The smallest absolute Gasteiger partial charge is 0.274 e. The molecule has 1 atom stereocenters. The molecule has 2 amide bonds. The third-order valence-electron chi connectivity index (χ3n) is 5.37. The number of aromatic nitrogens is 2. The zero-order valence-corrected chi connectivity index (χ0v) is 16.6. The second kappa shape index (κ2) is 7.89. The summed E-state index contributed by atoms with van der Waals surface area (Å²) in [6.07, 6.45) is 8.44. The van der Waals surface area contributed by atoms with E-state index >= 15 is 0 Å². The Morgan fingerprint density at radius 1 is 1.29 bits per heavy atom. The Bertz CT molecular complexity index is 905. The third-order valence-corrected chi connectivity index (χ3v) is 5.37. The van der Waals surface area contributed by atoms with Gasteiger partial charge in [0, 0.05) is 25.6 Å². The molecule has 0 spiro atoms. The lowest BCUT2D eigenvalue weighted by atomic mass is 9.95. The summed E-state index contributed by atoms with van der Waals surface area (Å²) >= 11 is 0. The molecule has 0 aliphatic carbocycles. The lowest BCUT2D eigenvalue weighted by Crippen LogP contribution is -2.54. The Morgan fingerprint density at radius 3 is 2.68 bits per heavy atom. The van der Waals surface area contributed by atoms with Gasteiger partial charge in [0.15, 0.2) is 5.69 Å². The maximum Gasteiger partial charge on any atom is 0.274 e. The van der Waals surface area contributed by atoms with Crippen LogP contribution in [0.25, 0.3) is 5.69 Å². The molecule has 1 fully saturated rings. The van der Waals surface area contributed by atoms with Crippen LogP contribution in [0.4, 0.5) is 0 Å². The second-order valence-electron chi connectivity index (χ2n) is 7.70. The summed E-state index contributed by atoms with van der Waals surface area (Å²) in [6, 6.07) is 9.58. The Hall–Kier alpha value is -3.07. The van der Waals surface area contributed by atoms with E-state index in [1.807, 2.05) is 45.0 Å². The predicted octanol–water partition coefficient (Wildman–Crippen LogP) is 2.70. The molecule has 1 aromatic heterocycles. The zero-order valence-electron chi connectivity index (χ0n) is 16.6. The van der Waals surface area contributed by atoms with Crippen LogP contribution in [0.5, 0.6) is 0 Å². The first-order valence-electron chi connectivity index (χ1n) is 9.50. The van der Waals surface area contributed by atoms with Crippen LogP contribution >= 0.6 is 0 Å². The van der Waals surface area contributed by atoms with Crippen LogP contribution in [0.1, 0.15) is 49.2 Å². The van der Waals surface area contributed by atoms with Crippen molar-refractivity contribution in [3.05, 3.63) is 47.8 Å². The van der Waals surface area contributed by atoms with Crippen LogP contribution in [0, 0.1) is 19.3 Å². The van der Waals surface area contributed by atoms with E-state index in [4.69, 9.17) is 6.42 Å². The molecule has 6 nitrogen and oxygen atoms in total. The molecule has 3 rings (SSSR count). The van der Waals surface area contributed by atoms with E-state index in [1.54, 1.807) is 21.8 Å². The van der Waals surface area contributed by atoms with Crippen molar-refractivity contribution in [1.82, 2.24) is 20.0 Å². The maximum atomic E-state index is 13.1. The fourth-order valence-electron chi connectivity index (χ4n) is 3.57. The fraction of sp³-hybridized carbons (Fsp3) is 0.409. The standard InChI is InChI=1S/C22H26N4O2/c1-5-6-7-20(27)23-19-13-14-25(22(19,3)4)21(28)18-12-15-26(24-18)17-10-8-16(2)9-11-17/h1,8-12,15,19H,6-7,13-14H2,2-4H3,(H,23,27). The summed E-state index contributed by atoms with van der Waals surface area (Å²) < 4.78 is 1.70. The maximum absolute atomic E-state index is 13.1. The molecule has 1 unspecified atom stereocenters. The van der Waals surface area contributed by atoms with Crippen molar-refractivity contribution < 1.29 is 9.59 Å². The number of aryl methyl sites for hydroxylation is 1. The van der Waals surface area contributed by atoms with Crippen LogP contribution in [-0.4, -0.2) is 44.6 Å². The first-order chi connectivity index (χ1) is 13.3. The monoisotopic (exact) mass is 378 g/mol. The number of terminal acetylenes is 1. The molecule has 0 radical (unpaired) electrons. The molecular formula is C22H26N4O2. The zero-order chi connectivity index (χ0) is 20.3. The van der Waals surface area contributed by atoms with Crippen molar-refractivity contribution in [2.75, 3.05) is 6.54 Å². The highest BCUT2D eigenvalue weighted by molar-refractivity contribution is 5.93. The number of carbonyl (C=O) groups is 2. The molecule has 2 aromatic rings. The van der Waals surface area contributed by atoms with Crippen molar-refractivity contribution in [1.29, 1.82) is 0 Å². The Kier molecular flexibility index (Phi) is 5.55. The van der Waals surface area contributed by atoms with Crippen molar-refractivity contribution in [3.8, 4) is 18.0 Å². The van der Waals surface area contributed by atoms with Gasteiger partial charge in [0.05, 0.1) is 17.3 Å². The van der Waals surface area contributed by atoms with Crippen molar-refractivity contribution in [3.63, 3.8) is 0 Å². The van der Waals surface area contributed by atoms with E-state index in [-0.39, 0.29) is 17.9 Å². The number of benzene rings is 1. The van der Waals surface area contributed by atoms with Gasteiger partial charge in [0.2, 0.25) is 5.91 Å². The van der Waals surface area contributed by atoms with Gasteiger partial charge >= 0.3 is 0 Å². The molecule has 146 valence electrons. The largest absolute Gasteiger partial charge is 0.351 e. The molecule has 0 saturated carbocycles. The Labute approximate surface area is 165 Å². The van der Waals surface area contributed by atoms with Gasteiger partial charge in [-0.15, -0.1) is 12.3 Å².